The minimum absolute atomic E-state index is 0.856. The first-order valence-corrected chi connectivity index (χ1v) is 6.53. The third-order valence-corrected chi connectivity index (χ3v) is 3.73. The zero-order chi connectivity index (χ0) is 10.6. The standard InChI is InChI=1S/C11H21N.C2H6/c1-9-5-6-11-4-3-7-12(11)10(2)8-9;1-2/h9-11H,3-8H2,1-2H3;1-2H3. The van der Waals surface area contributed by atoms with E-state index in [-0.39, 0.29) is 0 Å². The molecule has 0 aromatic rings. The summed E-state index contributed by atoms with van der Waals surface area (Å²) < 4.78 is 0. The molecule has 0 spiro atoms. The van der Waals surface area contributed by atoms with Crippen molar-refractivity contribution in [3.05, 3.63) is 0 Å². The van der Waals surface area contributed by atoms with Gasteiger partial charge in [-0.15, -0.1) is 0 Å². The summed E-state index contributed by atoms with van der Waals surface area (Å²) in [6.07, 6.45) is 7.27. The van der Waals surface area contributed by atoms with Crippen LogP contribution in [0.1, 0.15) is 59.8 Å². The highest BCUT2D eigenvalue weighted by Gasteiger charge is 2.31. The fourth-order valence-electron chi connectivity index (χ4n) is 3.06. The summed E-state index contributed by atoms with van der Waals surface area (Å²) in [6, 6.07) is 1.81. The van der Waals surface area contributed by atoms with Crippen molar-refractivity contribution in [2.75, 3.05) is 6.54 Å². The maximum Gasteiger partial charge on any atom is 0.00986 e. The number of rotatable bonds is 0. The van der Waals surface area contributed by atoms with Crippen molar-refractivity contribution in [3.8, 4) is 0 Å². The van der Waals surface area contributed by atoms with Gasteiger partial charge in [-0.3, -0.25) is 4.90 Å². The van der Waals surface area contributed by atoms with Gasteiger partial charge in [-0.1, -0.05) is 20.8 Å². The Hall–Kier alpha value is -0.0400. The average molecular weight is 197 g/mol. The molecule has 0 aliphatic carbocycles. The van der Waals surface area contributed by atoms with Crippen molar-refractivity contribution < 1.29 is 0 Å². The van der Waals surface area contributed by atoms with E-state index < -0.39 is 0 Å². The molecule has 2 fully saturated rings. The SMILES string of the molecule is CC.CC1CCC2CCCN2C(C)C1. The zero-order valence-corrected chi connectivity index (χ0v) is 10.4. The molecular formula is C13H27N. The molecule has 1 heteroatoms. The lowest BCUT2D eigenvalue weighted by Gasteiger charge is -2.27. The van der Waals surface area contributed by atoms with Gasteiger partial charge in [0.1, 0.15) is 0 Å². The Morgan fingerprint density at radius 3 is 2.43 bits per heavy atom. The molecule has 2 aliphatic rings. The molecule has 1 nitrogen and oxygen atoms in total. The van der Waals surface area contributed by atoms with E-state index in [0.29, 0.717) is 0 Å². The van der Waals surface area contributed by atoms with Crippen LogP contribution < -0.4 is 0 Å². The van der Waals surface area contributed by atoms with Crippen LogP contribution in [-0.2, 0) is 0 Å². The highest BCUT2D eigenvalue weighted by molar-refractivity contribution is 4.86. The van der Waals surface area contributed by atoms with E-state index in [9.17, 15) is 0 Å². The van der Waals surface area contributed by atoms with Crippen molar-refractivity contribution in [1.82, 2.24) is 4.90 Å². The normalized spacial score (nSPS) is 38.1. The molecule has 3 atom stereocenters. The predicted molar refractivity (Wildman–Crippen MR) is 63.6 cm³/mol. The zero-order valence-electron chi connectivity index (χ0n) is 10.4. The van der Waals surface area contributed by atoms with Crippen LogP contribution in [0, 0.1) is 5.92 Å². The summed E-state index contributed by atoms with van der Waals surface area (Å²) >= 11 is 0. The summed E-state index contributed by atoms with van der Waals surface area (Å²) in [4.78, 5) is 2.75. The molecule has 2 saturated heterocycles. The predicted octanol–water partition coefficient (Wildman–Crippen LogP) is 3.69. The fraction of sp³-hybridized carbons (Fsp3) is 1.00. The fourth-order valence-corrected chi connectivity index (χ4v) is 3.06. The number of nitrogens with zero attached hydrogens (tertiary/aromatic N) is 1. The van der Waals surface area contributed by atoms with Gasteiger partial charge in [0.25, 0.3) is 0 Å². The van der Waals surface area contributed by atoms with E-state index in [0.717, 1.165) is 18.0 Å². The minimum atomic E-state index is 0.856. The van der Waals surface area contributed by atoms with Crippen molar-refractivity contribution in [3.63, 3.8) is 0 Å². The highest BCUT2D eigenvalue weighted by Crippen LogP contribution is 2.31. The molecule has 0 N–H and O–H groups in total. The topological polar surface area (TPSA) is 3.24 Å². The van der Waals surface area contributed by atoms with Gasteiger partial charge in [-0.25, -0.2) is 0 Å². The van der Waals surface area contributed by atoms with Crippen molar-refractivity contribution in [2.24, 2.45) is 5.92 Å². The van der Waals surface area contributed by atoms with Crippen LogP contribution in [-0.4, -0.2) is 23.5 Å². The van der Waals surface area contributed by atoms with E-state index in [2.05, 4.69) is 18.7 Å². The summed E-state index contributed by atoms with van der Waals surface area (Å²) in [5.41, 5.74) is 0. The summed E-state index contributed by atoms with van der Waals surface area (Å²) in [6.45, 7) is 10.2. The van der Waals surface area contributed by atoms with Gasteiger partial charge in [0.15, 0.2) is 0 Å². The molecule has 0 aromatic carbocycles. The summed E-state index contributed by atoms with van der Waals surface area (Å²) in [7, 11) is 0. The summed E-state index contributed by atoms with van der Waals surface area (Å²) in [5.74, 6) is 0.964. The molecule has 3 unspecified atom stereocenters. The van der Waals surface area contributed by atoms with Gasteiger partial charge in [0, 0.05) is 12.1 Å². The molecular weight excluding hydrogens is 170 g/mol. The van der Waals surface area contributed by atoms with Gasteiger partial charge in [-0.2, -0.15) is 0 Å². The van der Waals surface area contributed by atoms with Gasteiger partial charge in [0.2, 0.25) is 0 Å². The molecule has 2 heterocycles. The lowest BCUT2D eigenvalue weighted by atomic mass is 9.98. The first-order chi connectivity index (χ1) is 6.77. The van der Waals surface area contributed by atoms with Crippen LogP contribution in [0.5, 0.6) is 0 Å². The van der Waals surface area contributed by atoms with E-state index >= 15 is 0 Å². The van der Waals surface area contributed by atoms with Crippen molar-refractivity contribution in [2.45, 2.75) is 71.9 Å². The molecule has 84 valence electrons. The molecule has 0 amide bonds. The van der Waals surface area contributed by atoms with Gasteiger partial charge in [0.05, 0.1) is 0 Å². The van der Waals surface area contributed by atoms with E-state index in [1.54, 1.807) is 0 Å². The molecule has 14 heavy (non-hydrogen) atoms. The number of fused-ring (bicyclic) bond motifs is 1. The average Bonchev–Trinajstić information content (AvgIpc) is 2.61. The largest absolute Gasteiger partial charge is 0.298 e. The van der Waals surface area contributed by atoms with Gasteiger partial charge in [-0.05, 0) is 51.5 Å². The first kappa shape index (κ1) is 12.0. The molecule has 0 saturated carbocycles. The van der Waals surface area contributed by atoms with Crippen molar-refractivity contribution in [1.29, 1.82) is 0 Å². The summed E-state index contributed by atoms with van der Waals surface area (Å²) in [5, 5.41) is 0. The Bertz CT molecular complexity index is 155. The maximum atomic E-state index is 2.75. The number of hydrogen-bond donors (Lipinski definition) is 0. The molecule has 2 rings (SSSR count). The van der Waals surface area contributed by atoms with Crippen LogP contribution in [0.25, 0.3) is 0 Å². The Labute approximate surface area is 89.9 Å². The molecule has 2 aliphatic heterocycles. The lowest BCUT2D eigenvalue weighted by Crippen LogP contribution is -2.35. The molecule has 0 aromatic heterocycles. The Kier molecular flexibility index (Phi) is 4.94. The van der Waals surface area contributed by atoms with Crippen LogP contribution >= 0.6 is 0 Å². The Morgan fingerprint density at radius 2 is 1.71 bits per heavy atom. The monoisotopic (exact) mass is 197 g/mol. The Balaban J connectivity index is 0.000000461. The van der Waals surface area contributed by atoms with Crippen LogP contribution in [0.3, 0.4) is 0 Å². The maximum absolute atomic E-state index is 2.75. The molecule has 0 bridgehead atoms. The van der Waals surface area contributed by atoms with Crippen molar-refractivity contribution >= 4 is 0 Å². The Morgan fingerprint density at radius 1 is 1.00 bits per heavy atom. The van der Waals surface area contributed by atoms with Gasteiger partial charge >= 0.3 is 0 Å². The second-order valence-corrected chi connectivity index (χ2v) is 4.80. The van der Waals surface area contributed by atoms with Crippen LogP contribution in [0.4, 0.5) is 0 Å². The third kappa shape index (κ3) is 2.73. The first-order valence-electron chi connectivity index (χ1n) is 6.53. The van der Waals surface area contributed by atoms with Crippen LogP contribution in [0.15, 0.2) is 0 Å². The highest BCUT2D eigenvalue weighted by atomic mass is 15.2. The minimum Gasteiger partial charge on any atom is -0.298 e. The van der Waals surface area contributed by atoms with E-state index in [4.69, 9.17) is 0 Å². The second-order valence-electron chi connectivity index (χ2n) is 4.80. The molecule has 0 radical (unpaired) electrons. The van der Waals surface area contributed by atoms with E-state index in [1.807, 2.05) is 13.8 Å². The third-order valence-electron chi connectivity index (χ3n) is 3.73. The van der Waals surface area contributed by atoms with Crippen LogP contribution in [0.2, 0.25) is 0 Å². The van der Waals surface area contributed by atoms with E-state index in [1.165, 1.54) is 38.6 Å². The quantitative estimate of drug-likeness (QED) is 0.572. The smallest absolute Gasteiger partial charge is 0.00986 e. The number of hydrogen-bond acceptors (Lipinski definition) is 1. The lowest BCUT2D eigenvalue weighted by molar-refractivity contribution is 0.191. The van der Waals surface area contributed by atoms with Gasteiger partial charge < -0.3 is 0 Å². The second kappa shape index (κ2) is 5.75.